The maximum absolute atomic E-state index is 12.0. The fourth-order valence-corrected chi connectivity index (χ4v) is 1.92. The van der Waals surface area contributed by atoms with Gasteiger partial charge in [0.2, 0.25) is 5.91 Å². The van der Waals surface area contributed by atoms with Crippen molar-refractivity contribution in [1.29, 1.82) is 0 Å². The largest absolute Gasteiger partial charge is 0.494 e. The number of halogens is 1. The Labute approximate surface area is 135 Å². The number of nitrogens with two attached hydrogens (primary N) is 1. The van der Waals surface area contributed by atoms with E-state index in [0.717, 1.165) is 10.5 Å². The molecule has 0 spiro atoms. The SMILES string of the molecule is COCCN(C(N)=O)C(=O)CCc1ccc(OCCCF)cc1. The summed E-state index contributed by atoms with van der Waals surface area (Å²) in [6.07, 6.45) is 1.02. The molecule has 23 heavy (non-hydrogen) atoms. The van der Waals surface area contributed by atoms with Crippen molar-refractivity contribution < 1.29 is 23.5 Å². The van der Waals surface area contributed by atoms with Gasteiger partial charge in [0.1, 0.15) is 5.75 Å². The van der Waals surface area contributed by atoms with Gasteiger partial charge in [0.25, 0.3) is 0 Å². The Hall–Kier alpha value is -2.15. The number of benzene rings is 1. The van der Waals surface area contributed by atoms with Crippen molar-refractivity contribution in [2.24, 2.45) is 5.73 Å². The van der Waals surface area contributed by atoms with Crippen molar-refractivity contribution in [3.8, 4) is 5.75 Å². The molecule has 0 aliphatic heterocycles. The van der Waals surface area contributed by atoms with E-state index in [0.29, 0.717) is 25.2 Å². The fourth-order valence-electron chi connectivity index (χ4n) is 1.92. The number of amides is 3. The Morgan fingerprint density at radius 2 is 1.91 bits per heavy atom. The van der Waals surface area contributed by atoms with Crippen molar-refractivity contribution >= 4 is 11.9 Å². The van der Waals surface area contributed by atoms with Crippen molar-refractivity contribution in [1.82, 2.24) is 4.90 Å². The Balaban J connectivity index is 2.46. The second-order valence-corrected chi connectivity index (χ2v) is 4.91. The van der Waals surface area contributed by atoms with E-state index in [1.807, 2.05) is 12.1 Å². The molecule has 1 aromatic rings. The lowest BCUT2D eigenvalue weighted by molar-refractivity contribution is -0.128. The van der Waals surface area contributed by atoms with Gasteiger partial charge in [0.15, 0.2) is 0 Å². The van der Waals surface area contributed by atoms with Gasteiger partial charge in [-0.3, -0.25) is 14.1 Å². The van der Waals surface area contributed by atoms with Gasteiger partial charge in [-0.05, 0) is 24.1 Å². The number of nitrogens with zero attached hydrogens (tertiary/aromatic N) is 1. The molecule has 0 atom stereocenters. The fraction of sp³-hybridized carbons (Fsp3) is 0.500. The van der Waals surface area contributed by atoms with Crippen LogP contribution in [0.2, 0.25) is 0 Å². The first-order valence-electron chi connectivity index (χ1n) is 7.45. The molecule has 0 aromatic heterocycles. The minimum absolute atomic E-state index is 0.145. The first-order chi connectivity index (χ1) is 11.1. The molecule has 1 rings (SSSR count). The molecule has 0 aliphatic rings. The number of carbonyl (C=O) groups is 2. The van der Waals surface area contributed by atoms with Crippen LogP contribution in [0.25, 0.3) is 0 Å². The van der Waals surface area contributed by atoms with Gasteiger partial charge in [-0.25, -0.2) is 4.79 Å². The summed E-state index contributed by atoms with van der Waals surface area (Å²) in [5, 5.41) is 0. The second kappa shape index (κ2) is 10.6. The van der Waals surface area contributed by atoms with E-state index < -0.39 is 12.7 Å². The summed E-state index contributed by atoms with van der Waals surface area (Å²) < 4.78 is 22.2. The number of aryl methyl sites for hydroxylation is 1. The maximum Gasteiger partial charge on any atom is 0.321 e. The normalized spacial score (nSPS) is 10.3. The summed E-state index contributed by atoms with van der Waals surface area (Å²) in [5.74, 6) is 0.324. The van der Waals surface area contributed by atoms with Crippen LogP contribution in [0.4, 0.5) is 9.18 Å². The standard InChI is InChI=1S/C16H23FN2O4/c1-22-12-10-19(16(18)21)15(20)8-5-13-3-6-14(7-4-13)23-11-2-9-17/h3-4,6-7H,2,5,8-12H2,1H3,(H2,18,21). The van der Waals surface area contributed by atoms with Crippen LogP contribution < -0.4 is 10.5 Å². The molecule has 2 N–H and O–H groups in total. The van der Waals surface area contributed by atoms with Crippen molar-refractivity contribution in [2.45, 2.75) is 19.3 Å². The highest BCUT2D eigenvalue weighted by atomic mass is 19.1. The van der Waals surface area contributed by atoms with Crippen LogP contribution >= 0.6 is 0 Å². The minimum Gasteiger partial charge on any atom is -0.494 e. The number of urea groups is 1. The monoisotopic (exact) mass is 326 g/mol. The van der Waals surface area contributed by atoms with Gasteiger partial charge in [-0.2, -0.15) is 0 Å². The van der Waals surface area contributed by atoms with Crippen molar-refractivity contribution in [3.63, 3.8) is 0 Å². The quantitative estimate of drug-likeness (QED) is 0.666. The number of alkyl halides is 1. The summed E-state index contributed by atoms with van der Waals surface area (Å²) in [6.45, 7) is 0.326. The predicted molar refractivity (Wildman–Crippen MR) is 84.0 cm³/mol. The zero-order valence-corrected chi connectivity index (χ0v) is 13.3. The average molecular weight is 326 g/mol. The molecule has 128 valence electrons. The molecule has 1 aromatic carbocycles. The maximum atomic E-state index is 12.0. The highest BCUT2D eigenvalue weighted by Crippen LogP contribution is 2.14. The summed E-state index contributed by atoms with van der Waals surface area (Å²) in [4.78, 5) is 24.3. The number of methoxy groups -OCH3 is 1. The summed E-state index contributed by atoms with van der Waals surface area (Å²) in [7, 11) is 1.49. The minimum atomic E-state index is -0.774. The third-order valence-corrected chi connectivity index (χ3v) is 3.18. The molecule has 6 nitrogen and oxygen atoms in total. The van der Waals surface area contributed by atoms with Crippen LogP contribution in [-0.4, -0.2) is 50.4 Å². The Bertz CT molecular complexity index is 493. The smallest absolute Gasteiger partial charge is 0.321 e. The highest BCUT2D eigenvalue weighted by Gasteiger charge is 2.18. The number of hydrogen-bond acceptors (Lipinski definition) is 4. The second-order valence-electron chi connectivity index (χ2n) is 4.91. The van der Waals surface area contributed by atoms with Gasteiger partial charge >= 0.3 is 6.03 Å². The van der Waals surface area contributed by atoms with Crippen LogP contribution in [0, 0.1) is 0 Å². The van der Waals surface area contributed by atoms with Gasteiger partial charge in [-0.1, -0.05) is 12.1 Å². The van der Waals surface area contributed by atoms with Crippen LogP contribution in [0.5, 0.6) is 5.75 Å². The average Bonchev–Trinajstić information content (AvgIpc) is 2.54. The molecule has 0 fully saturated rings. The molecule has 0 heterocycles. The Morgan fingerprint density at radius 3 is 2.48 bits per heavy atom. The zero-order chi connectivity index (χ0) is 17.1. The molecule has 3 amide bonds. The predicted octanol–water partition coefficient (Wildman–Crippen LogP) is 1.91. The van der Waals surface area contributed by atoms with E-state index in [1.54, 1.807) is 12.1 Å². The first-order valence-corrected chi connectivity index (χ1v) is 7.45. The number of hydrogen-bond donors (Lipinski definition) is 1. The van der Waals surface area contributed by atoms with Crippen LogP contribution in [-0.2, 0) is 16.0 Å². The third-order valence-electron chi connectivity index (χ3n) is 3.18. The molecular formula is C16H23FN2O4. The Morgan fingerprint density at radius 1 is 1.22 bits per heavy atom. The Kier molecular flexibility index (Phi) is 8.67. The lowest BCUT2D eigenvalue weighted by atomic mass is 10.1. The van der Waals surface area contributed by atoms with Crippen molar-refractivity contribution in [2.75, 3.05) is 33.5 Å². The van der Waals surface area contributed by atoms with Gasteiger partial charge < -0.3 is 15.2 Å². The number of rotatable bonds is 10. The molecule has 0 unspecified atom stereocenters. The molecule has 7 heteroatoms. The molecule has 0 radical (unpaired) electrons. The lowest BCUT2D eigenvalue weighted by Gasteiger charge is -2.17. The summed E-state index contributed by atoms with van der Waals surface area (Å²) in [5.41, 5.74) is 6.13. The lowest BCUT2D eigenvalue weighted by Crippen LogP contribution is -2.42. The number of ether oxygens (including phenoxy) is 2. The topological polar surface area (TPSA) is 81.9 Å². The van der Waals surface area contributed by atoms with Crippen LogP contribution in [0.3, 0.4) is 0 Å². The molecule has 0 saturated carbocycles. The van der Waals surface area contributed by atoms with Gasteiger partial charge in [0, 0.05) is 20.0 Å². The van der Waals surface area contributed by atoms with Gasteiger partial charge in [0.05, 0.1) is 26.4 Å². The van der Waals surface area contributed by atoms with E-state index in [9.17, 15) is 14.0 Å². The first kappa shape index (κ1) is 18.9. The van der Waals surface area contributed by atoms with Crippen LogP contribution in [0.1, 0.15) is 18.4 Å². The van der Waals surface area contributed by atoms with Crippen molar-refractivity contribution in [3.05, 3.63) is 29.8 Å². The molecular weight excluding hydrogens is 303 g/mol. The third kappa shape index (κ3) is 7.10. The zero-order valence-electron chi connectivity index (χ0n) is 13.3. The number of primary amides is 1. The van der Waals surface area contributed by atoms with E-state index >= 15 is 0 Å². The van der Waals surface area contributed by atoms with E-state index in [4.69, 9.17) is 15.2 Å². The van der Waals surface area contributed by atoms with Crippen LogP contribution in [0.15, 0.2) is 24.3 Å². The molecule has 0 bridgehead atoms. The van der Waals surface area contributed by atoms with Gasteiger partial charge in [-0.15, -0.1) is 0 Å². The highest BCUT2D eigenvalue weighted by molar-refractivity contribution is 5.93. The summed E-state index contributed by atoms with van der Waals surface area (Å²) >= 11 is 0. The number of carbonyl (C=O) groups excluding carboxylic acids is 2. The molecule has 0 aliphatic carbocycles. The van der Waals surface area contributed by atoms with E-state index in [1.165, 1.54) is 7.11 Å². The van der Waals surface area contributed by atoms with E-state index in [-0.39, 0.29) is 25.5 Å². The van der Waals surface area contributed by atoms with E-state index in [2.05, 4.69) is 0 Å². The number of imide groups is 1. The summed E-state index contributed by atoms with van der Waals surface area (Å²) in [6, 6.07) is 6.44. The molecule has 0 saturated heterocycles.